The minimum Gasteiger partial charge on any atom is -0.497 e. The number of aliphatic carboxylic acids is 1. The summed E-state index contributed by atoms with van der Waals surface area (Å²) >= 11 is 1.30. The number of hydrogen-bond donors (Lipinski definition) is 1. The molecule has 0 bridgehead atoms. The molecule has 0 amide bonds. The van der Waals surface area contributed by atoms with Gasteiger partial charge in [-0.3, -0.25) is 9.79 Å². The van der Waals surface area contributed by atoms with Crippen LogP contribution in [0.4, 0.5) is 5.69 Å². The van der Waals surface area contributed by atoms with Gasteiger partial charge in [0, 0.05) is 10.5 Å². The van der Waals surface area contributed by atoms with Crippen molar-refractivity contribution in [3.63, 3.8) is 0 Å². The third-order valence-corrected chi connectivity index (χ3v) is 5.34. The summed E-state index contributed by atoms with van der Waals surface area (Å²) in [5.74, 6) is -0.0819. The number of methoxy groups -OCH3 is 1. The van der Waals surface area contributed by atoms with E-state index in [2.05, 4.69) is 11.7 Å². The molecule has 2 rings (SSSR count). The second-order valence-electron chi connectivity index (χ2n) is 6.19. The number of aliphatic imine (C=N–C) groups is 1. The molecule has 0 aliphatic heterocycles. The summed E-state index contributed by atoms with van der Waals surface area (Å²) in [5, 5.41) is 9.45. The standard InChI is InChI=1S/C21H23NO3S/c1-6-19(26-21(2,3)20(23)24)17-13-15(10-11-18(17)22-4)14-8-7-9-16(12-14)25-5/h6-13H,4H2,1-3,5H3,(H,23,24)/b19-6+. The number of rotatable bonds is 7. The van der Waals surface area contributed by atoms with Crippen LogP contribution in [0.2, 0.25) is 0 Å². The van der Waals surface area contributed by atoms with Gasteiger partial charge in [0.15, 0.2) is 0 Å². The molecule has 2 aromatic rings. The number of allylic oxidation sites excluding steroid dienone is 1. The van der Waals surface area contributed by atoms with Crippen molar-refractivity contribution in [1.29, 1.82) is 0 Å². The Kier molecular flexibility index (Phi) is 6.27. The molecular formula is C21H23NO3S. The lowest BCUT2D eigenvalue weighted by Gasteiger charge is -2.21. The van der Waals surface area contributed by atoms with Crippen molar-refractivity contribution in [3.05, 3.63) is 54.1 Å². The van der Waals surface area contributed by atoms with E-state index in [0.717, 1.165) is 33.0 Å². The van der Waals surface area contributed by atoms with Crippen molar-refractivity contribution in [2.24, 2.45) is 4.99 Å². The fourth-order valence-corrected chi connectivity index (χ4v) is 3.47. The Balaban J connectivity index is 2.52. The van der Waals surface area contributed by atoms with Gasteiger partial charge in [-0.05, 0) is 62.9 Å². The largest absolute Gasteiger partial charge is 0.497 e. The zero-order valence-corrected chi connectivity index (χ0v) is 16.3. The molecule has 0 atom stereocenters. The van der Waals surface area contributed by atoms with E-state index < -0.39 is 10.7 Å². The first-order valence-electron chi connectivity index (χ1n) is 8.16. The number of hydrogen-bond acceptors (Lipinski definition) is 4. The first-order valence-corrected chi connectivity index (χ1v) is 8.98. The van der Waals surface area contributed by atoms with Gasteiger partial charge < -0.3 is 9.84 Å². The molecule has 26 heavy (non-hydrogen) atoms. The maximum Gasteiger partial charge on any atom is 0.319 e. The van der Waals surface area contributed by atoms with Crippen LogP contribution >= 0.6 is 11.8 Å². The highest BCUT2D eigenvalue weighted by atomic mass is 32.2. The van der Waals surface area contributed by atoms with Crippen LogP contribution in [0.5, 0.6) is 5.75 Å². The maximum atomic E-state index is 11.5. The van der Waals surface area contributed by atoms with Crippen LogP contribution in [0.25, 0.3) is 16.0 Å². The van der Waals surface area contributed by atoms with Gasteiger partial charge in [0.05, 0.1) is 12.8 Å². The van der Waals surface area contributed by atoms with Crippen LogP contribution in [0, 0.1) is 0 Å². The smallest absolute Gasteiger partial charge is 0.319 e. The number of nitrogens with zero attached hydrogens (tertiary/aromatic N) is 1. The van der Waals surface area contributed by atoms with Crippen molar-refractivity contribution in [3.8, 4) is 16.9 Å². The number of ether oxygens (including phenoxy) is 1. The first kappa shape index (κ1) is 19.8. The molecule has 136 valence electrons. The molecule has 0 saturated heterocycles. The quantitative estimate of drug-likeness (QED) is 0.641. The summed E-state index contributed by atoms with van der Waals surface area (Å²) in [4.78, 5) is 16.5. The Morgan fingerprint density at radius 2 is 1.92 bits per heavy atom. The molecule has 0 heterocycles. The van der Waals surface area contributed by atoms with E-state index >= 15 is 0 Å². The lowest BCUT2D eigenvalue weighted by Crippen LogP contribution is -2.27. The summed E-state index contributed by atoms with van der Waals surface area (Å²) in [6, 6.07) is 13.7. The molecule has 0 fully saturated rings. The molecule has 0 aromatic heterocycles. The average molecular weight is 369 g/mol. The van der Waals surface area contributed by atoms with Gasteiger partial charge >= 0.3 is 5.97 Å². The normalized spacial score (nSPS) is 11.9. The van der Waals surface area contributed by atoms with Crippen molar-refractivity contribution in [2.45, 2.75) is 25.5 Å². The van der Waals surface area contributed by atoms with E-state index in [9.17, 15) is 9.90 Å². The third-order valence-electron chi connectivity index (χ3n) is 3.98. The van der Waals surface area contributed by atoms with Gasteiger partial charge in [-0.2, -0.15) is 0 Å². The molecule has 0 saturated carbocycles. The first-order chi connectivity index (χ1) is 12.3. The summed E-state index contributed by atoms with van der Waals surface area (Å²) in [6.45, 7) is 8.92. The fourth-order valence-electron chi connectivity index (χ4n) is 2.44. The van der Waals surface area contributed by atoms with Crippen LogP contribution in [0.15, 0.2) is 53.5 Å². The summed E-state index contributed by atoms with van der Waals surface area (Å²) in [7, 11) is 1.64. The van der Waals surface area contributed by atoms with E-state index in [1.54, 1.807) is 21.0 Å². The number of carboxylic acids is 1. The van der Waals surface area contributed by atoms with E-state index in [-0.39, 0.29) is 0 Å². The van der Waals surface area contributed by atoms with E-state index in [4.69, 9.17) is 4.74 Å². The molecule has 4 nitrogen and oxygen atoms in total. The Hall–Kier alpha value is -2.53. The molecule has 0 unspecified atom stereocenters. The SMILES string of the molecule is C=Nc1ccc(-c2cccc(OC)c2)cc1/C(=C\C)SC(C)(C)C(=O)O. The Bertz CT molecular complexity index is 856. The van der Waals surface area contributed by atoms with Crippen LogP contribution in [-0.2, 0) is 4.79 Å². The lowest BCUT2D eigenvalue weighted by atomic mass is 10.0. The van der Waals surface area contributed by atoms with E-state index in [1.807, 2.05) is 55.5 Å². The number of thioether (sulfide) groups is 1. The third kappa shape index (κ3) is 4.35. The van der Waals surface area contributed by atoms with E-state index in [1.165, 1.54) is 11.8 Å². The van der Waals surface area contributed by atoms with Gasteiger partial charge in [0.25, 0.3) is 0 Å². The van der Waals surface area contributed by atoms with Crippen LogP contribution in [0.3, 0.4) is 0 Å². The summed E-state index contributed by atoms with van der Waals surface area (Å²) in [6.07, 6.45) is 1.91. The second-order valence-corrected chi connectivity index (χ2v) is 7.86. The fraction of sp³-hybridized carbons (Fsp3) is 0.238. The number of carbonyl (C=O) groups is 1. The Labute approximate surface area is 158 Å². The molecule has 0 aliphatic rings. The van der Waals surface area contributed by atoms with Crippen LogP contribution in [-0.4, -0.2) is 29.7 Å². The molecule has 0 spiro atoms. The number of benzene rings is 2. The van der Waals surface area contributed by atoms with Gasteiger partial charge in [0.2, 0.25) is 0 Å². The molecule has 0 radical (unpaired) electrons. The lowest BCUT2D eigenvalue weighted by molar-refractivity contribution is -0.138. The predicted molar refractivity (Wildman–Crippen MR) is 111 cm³/mol. The van der Waals surface area contributed by atoms with Gasteiger partial charge in [0.1, 0.15) is 10.5 Å². The Morgan fingerprint density at radius 3 is 2.50 bits per heavy atom. The molecule has 1 N–H and O–H groups in total. The van der Waals surface area contributed by atoms with Gasteiger partial charge in [-0.15, -0.1) is 11.8 Å². The zero-order chi connectivity index (χ0) is 19.3. The Morgan fingerprint density at radius 1 is 1.23 bits per heavy atom. The highest BCUT2D eigenvalue weighted by molar-refractivity contribution is 8.10. The van der Waals surface area contributed by atoms with Crippen molar-refractivity contribution >= 4 is 35.0 Å². The van der Waals surface area contributed by atoms with Gasteiger partial charge in [-0.25, -0.2) is 0 Å². The minimum atomic E-state index is -0.952. The second kappa shape index (κ2) is 8.23. The molecule has 2 aromatic carbocycles. The van der Waals surface area contributed by atoms with Crippen molar-refractivity contribution in [2.75, 3.05) is 7.11 Å². The predicted octanol–water partition coefficient (Wildman–Crippen LogP) is 5.65. The minimum absolute atomic E-state index is 0.721. The highest BCUT2D eigenvalue weighted by Gasteiger charge is 2.30. The van der Waals surface area contributed by atoms with Crippen LogP contribution in [0.1, 0.15) is 26.3 Å². The number of carboxylic acid groups (broad SMARTS) is 1. The zero-order valence-electron chi connectivity index (χ0n) is 15.4. The maximum absolute atomic E-state index is 11.5. The highest BCUT2D eigenvalue weighted by Crippen LogP contribution is 2.42. The topological polar surface area (TPSA) is 58.9 Å². The van der Waals surface area contributed by atoms with Crippen molar-refractivity contribution < 1.29 is 14.6 Å². The monoisotopic (exact) mass is 369 g/mol. The molecule has 0 aliphatic carbocycles. The van der Waals surface area contributed by atoms with Crippen molar-refractivity contribution in [1.82, 2.24) is 0 Å². The molecular weight excluding hydrogens is 346 g/mol. The summed E-state index contributed by atoms with van der Waals surface area (Å²) < 4.78 is 4.35. The average Bonchev–Trinajstić information content (AvgIpc) is 2.65. The molecule has 5 heteroatoms. The van der Waals surface area contributed by atoms with E-state index in [0.29, 0.717) is 0 Å². The van der Waals surface area contributed by atoms with Crippen LogP contribution < -0.4 is 4.74 Å². The van der Waals surface area contributed by atoms with Gasteiger partial charge in [-0.1, -0.05) is 24.3 Å². The summed E-state index contributed by atoms with van der Waals surface area (Å²) in [5.41, 5.74) is 3.60.